The van der Waals surface area contributed by atoms with E-state index in [0.717, 1.165) is 0 Å². The Morgan fingerprint density at radius 1 is 0.375 bits per heavy atom. The van der Waals surface area contributed by atoms with Crippen LogP contribution in [0, 0.1) is 0 Å². The largest absolute Gasteiger partial charge is 0.412 e. The van der Waals surface area contributed by atoms with Crippen LogP contribution >= 0.6 is 0 Å². The van der Waals surface area contributed by atoms with E-state index in [2.05, 4.69) is 0 Å². The zero-order valence-corrected chi connectivity index (χ0v) is 16.6. The van der Waals surface area contributed by atoms with Gasteiger partial charge in [0.25, 0.3) is 0 Å². The Morgan fingerprint density at radius 2 is 0.375 bits per heavy atom. The summed E-state index contributed by atoms with van der Waals surface area (Å²) in [5.74, 6) is 0. The van der Waals surface area contributed by atoms with E-state index < -0.39 is 20.8 Å². The molecule has 24 heavy (non-hydrogen) atoms. The predicted octanol–water partition coefficient (Wildman–Crippen LogP) is -11.6. The SMILES string of the molecule is O.O.O.O.O.O.O.O.O.O.O.O.O=S(=O)(O)O.O=S(=O)(O)O.[Cr].[Na]. The molecule has 0 unspecified atom stereocenters. The summed E-state index contributed by atoms with van der Waals surface area (Å²) in [5.41, 5.74) is 0. The molecule has 0 aliphatic rings. The standard InChI is InChI=1S/Cr.Na.2H2O4S.12H2O/c;;2*1-5(2,3)4;;;;;;;;;;;;/h;;2*(H2,1,2,3,4);12*1H2. The average molecular weight is 487 g/mol. The van der Waals surface area contributed by atoms with Crippen LogP contribution in [0.2, 0.25) is 0 Å². The van der Waals surface area contributed by atoms with Crippen LogP contribution in [0.1, 0.15) is 0 Å². The molecule has 0 aliphatic carbocycles. The molecule has 24 heteroatoms. The van der Waals surface area contributed by atoms with Gasteiger partial charge in [0.05, 0.1) is 0 Å². The van der Waals surface area contributed by atoms with Gasteiger partial charge in [0, 0.05) is 46.9 Å². The fourth-order valence-corrected chi connectivity index (χ4v) is 0. The number of hydrogen-bond donors (Lipinski definition) is 4. The van der Waals surface area contributed by atoms with Crippen molar-refractivity contribution in [3.8, 4) is 0 Å². The smallest absolute Gasteiger partial charge is 0.394 e. The molecule has 0 aliphatic heterocycles. The Hall–Kier alpha value is 0.792. The van der Waals surface area contributed by atoms with Crippen LogP contribution in [-0.4, -0.2) is 130 Å². The molecule has 0 aromatic rings. The summed E-state index contributed by atoms with van der Waals surface area (Å²) in [6.45, 7) is 0. The van der Waals surface area contributed by atoms with E-state index in [0.29, 0.717) is 0 Å². The maximum atomic E-state index is 8.74. The zero-order valence-electron chi connectivity index (χ0n) is 11.6. The minimum absolute atomic E-state index is 0. The second-order valence-corrected chi connectivity index (χ2v) is 2.69. The van der Waals surface area contributed by atoms with Gasteiger partial charge in [-0.05, 0) is 0 Å². The van der Waals surface area contributed by atoms with Crippen LogP contribution in [0.5, 0.6) is 0 Å². The molecule has 0 rings (SSSR count). The Morgan fingerprint density at radius 3 is 0.375 bits per heavy atom. The van der Waals surface area contributed by atoms with E-state index in [1.165, 1.54) is 0 Å². The van der Waals surface area contributed by atoms with Crippen molar-refractivity contribution < 1.29 is 118 Å². The Kier molecular flexibility index (Phi) is 571. The van der Waals surface area contributed by atoms with E-state index in [9.17, 15) is 0 Å². The molecule has 0 heterocycles. The van der Waals surface area contributed by atoms with Gasteiger partial charge in [0.1, 0.15) is 0 Å². The van der Waals surface area contributed by atoms with Gasteiger partial charge < -0.3 is 65.7 Å². The Balaban J connectivity index is -0.00000000241. The summed E-state index contributed by atoms with van der Waals surface area (Å²) < 4.78 is 63.2. The van der Waals surface area contributed by atoms with Crippen molar-refractivity contribution in [2.45, 2.75) is 0 Å². The van der Waals surface area contributed by atoms with Gasteiger partial charge in [-0.2, -0.15) is 16.8 Å². The van der Waals surface area contributed by atoms with Crippen LogP contribution in [0.15, 0.2) is 0 Å². The second kappa shape index (κ2) is 75.5. The first-order valence-electron chi connectivity index (χ1n) is 1.40. The van der Waals surface area contributed by atoms with Gasteiger partial charge in [-0.25, -0.2) is 0 Å². The average Bonchev–Trinajstić information content (AvgIpc) is 1.12. The Bertz CT molecular complexity index is 218. The molecule has 0 bridgehead atoms. The molecule has 0 fully saturated rings. The molecule has 28 N–H and O–H groups in total. The summed E-state index contributed by atoms with van der Waals surface area (Å²) in [5, 5.41) is 0. The first-order chi connectivity index (χ1) is 4.00. The third kappa shape index (κ3) is 17200. The van der Waals surface area contributed by atoms with Gasteiger partial charge >= 0.3 is 20.8 Å². The number of hydrogen-bond acceptors (Lipinski definition) is 4. The molecule has 0 saturated heterocycles. The molecule has 0 aromatic heterocycles. The molecular formula is H28CrNaO20S2. The molecule has 0 spiro atoms. The third-order valence-corrected chi connectivity index (χ3v) is 0. The van der Waals surface area contributed by atoms with Gasteiger partial charge in [0.15, 0.2) is 0 Å². The molecule has 0 saturated carbocycles. The van der Waals surface area contributed by atoms with E-state index in [1.54, 1.807) is 0 Å². The van der Waals surface area contributed by atoms with Crippen LogP contribution in [0.25, 0.3) is 0 Å². The van der Waals surface area contributed by atoms with Crippen molar-refractivity contribution in [1.29, 1.82) is 0 Å². The summed E-state index contributed by atoms with van der Waals surface area (Å²) >= 11 is 0. The molecular weight excluding hydrogens is 459 g/mol. The summed E-state index contributed by atoms with van der Waals surface area (Å²) in [7, 11) is -9.33. The van der Waals surface area contributed by atoms with Crippen molar-refractivity contribution in [3.63, 3.8) is 0 Å². The second-order valence-electron chi connectivity index (χ2n) is 0.896. The number of rotatable bonds is 0. The van der Waals surface area contributed by atoms with E-state index in [-0.39, 0.29) is 113 Å². The third-order valence-electron chi connectivity index (χ3n) is 0. The summed E-state index contributed by atoms with van der Waals surface area (Å²) in [6, 6.07) is 0. The molecule has 0 amide bonds. The van der Waals surface area contributed by atoms with E-state index >= 15 is 0 Å². The molecule has 0 aromatic carbocycles. The van der Waals surface area contributed by atoms with Crippen molar-refractivity contribution in [2.24, 2.45) is 0 Å². The summed E-state index contributed by atoms with van der Waals surface area (Å²) in [6.07, 6.45) is 0. The van der Waals surface area contributed by atoms with Crippen molar-refractivity contribution in [2.75, 3.05) is 0 Å². The minimum atomic E-state index is -4.67. The van der Waals surface area contributed by atoms with E-state index in [1.807, 2.05) is 0 Å². The van der Waals surface area contributed by atoms with Gasteiger partial charge in [-0.1, -0.05) is 0 Å². The first kappa shape index (κ1) is 182. The molecule has 167 valence electrons. The Labute approximate surface area is 168 Å². The zero-order chi connectivity index (χ0) is 9.00. The van der Waals surface area contributed by atoms with Crippen molar-refractivity contribution >= 4 is 50.4 Å². The monoisotopic (exact) mass is 487 g/mol. The fourth-order valence-electron chi connectivity index (χ4n) is 0. The van der Waals surface area contributed by atoms with Gasteiger partial charge in [0.2, 0.25) is 0 Å². The fraction of sp³-hybridized carbons (Fsp3) is 0. The van der Waals surface area contributed by atoms with Crippen LogP contribution < -0.4 is 0 Å². The normalized spacial score (nSPS) is 4.83. The van der Waals surface area contributed by atoms with Gasteiger partial charge in [-0.3, -0.25) is 18.2 Å². The molecule has 1 radical (unpaired) electrons. The summed E-state index contributed by atoms with van der Waals surface area (Å²) in [4.78, 5) is 0. The van der Waals surface area contributed by atoms with Crippen LogP contribution in [-0.2, 0) is 38.2 Å². The quantitative estimate of drug-likeness (QED) is 0.187. The van der Waals surface area contributed by atoms with Crippen LogP contribution in [0.4, 0.5) is 0 Å². The molecule has 20 nitrogen and oxygen atoms in total. The minimum Gasteiger partial charge on any atom is -0.412 e. The van der Waals surface area contributed by atoms with Crippen LogP contribution in [0.3, 0.4) is 0 Å². The first-order valence-corrected chi connectivity index (χ1v) is 4.19. The molecule has 0 atom stereocenters. The van der Waals surface area contributed by atoms with E-state index in [4.69, 9.17) is 35.0 Å². The predicted molar refractivity (Wildman–Crippen MR) is 77.5 cm³/mol. The van der Waals surface area contributed by atoms with Gasteiger partial charge in [-0.15, -0.1) is 0 Å². The van der Waals surface area contributed by atoms with Crippen molar-refractivity contribution in [1.82, 2.24) is 0 Å². The maximum Gasteiger partial charge on any atom is 0.394 e. The topological polar surface area (TPSA) is 527 Å². The maximum absolute atomic E-state index is 8.74. The van der Waals surface area contributed by atoms with Crippen molar-refractivity contribution in [3.05, 3.63) is 0 Å².